The topological polar surface area (TPSA) is 50.7 Å². The summed E-state index contributed by atoms with van der Waals surface area (Å²) in [6.07, 6.45) is -3.09. The summed E-state index contributed by atoms with van der Waals surface area (Å²) in [6, 6.07) is 7.13. The number of nitrogens with one attached hydrogen (secondary N) is 1. The molecule has 1 N–H and O–H groups in total. The Kier molecular flexibility index (Phi) is 5.81. The number of rotatable bonds is 5. The molecule has 0 aliphatic rings. The first kappa shape index (κ1) is 15.5. The van der Waals surface area contributed by atoms with E-state index in [0.29, 0.717) is 0 Å². The van der Waals surface area contributed by atoms with Crippen LogP contribution in [0, 0.1) is 0 Å². The standard InChI is InChI=1S/C11H10BrF3N2O2/c12-9-4-2-1-3-8(9)5-17-19-6-10(18)16-7-11(13,14)15/h1-5H,6-7H2,(H,16,18)/b17-5-. The Balaban J connectivity index is 2.31. The number of oxime groups is 1. The van der Waals surface area contributed by atoms with Crippen molar-refractivity contribution in [1.82, 2.24) is 5.32 Å². The third-order valence-corrected chi connectivity index (χ3v) is 2.58. The molecule has 0 saturated heterocycles. The van der Waals surface area contributed by atoms with E-state index < -0.39 is 25.2 Å². The first-order valence-corrected chi connectivity index (χ1v) is 5.91. The number of hydrogen-bond donors (Lipinski definition) is 1. The van der Waals surface area contributed by atoms with Crippen LogP contribution in [-0.4, -0.2) is 31.4 Å². The molecule has 1 amide bonds. The number of carbonyl (C=O) groups excluding carboxylic acids is 1. The molecule has 0 aliphatic heterocycles. The first-order chi connectivity index (χ1) is 8.88. The van der Waals surface area contributed by atoms with E-state index in [9.17, 15) is 18.0 Å². The lowest BCUT2D eigenvalue weighted by Gasteiger charge is -2.07. The number of amides is 1. The van der Waals surface area contributed by atoms with Crippen LogP contribution in [-0.2, 0) is 9.63 Å². The van der Waals surface area contributed by atoms with Gasteiger partial charge < -0.3 is 10.2 Å². The van der Waals surface area contributed by atoms with Crippen molar-refractivity contribution >= 4 is 28.1 Å². The van der Waals surface area contributed by atoms with Gasteiger partial charge in [0.25, 0.3) is 5.91 Å². The third-order valence-electron chi connectivity index (χ3n) is 1.85. The van der Waals surface area contributed by atoms with Crippen LogP contribution in [0.5, 0.6) is 0 Å². The van der Waals surface area contributed by atoms with Gasteiger partial charge in [-0.1, -0.05) is 39.3 Å². The van der Waals surface area contributed by atoms with Gasteiger partial charge in [-0.3, -0.25) is 4.79 Å². The fraction of sp³-hybridized carbons (Fsp3) is 0.273. The monoisotopic (exact) mass is 338 g/mol. The highest BCUT2D eigenvalue weighted by atomic mass is 79.9. The van der Waals surface area contributed by atoms with Crippen LogP contribution in [0.15, 0.2) is 33.9 Å². The summed E-state index contributed by atoms with van der Waals surface area (Å²) in [6.45, 7) is -1.96. The Morgan fingerprint density at radius 3 is 2.74 bits per heavy atom. The molecule has 1 aromatic carbocycles. The predicted molar refractivity (Wildman–Crippen MR) is 66.8 cm³/mol. The van der Waals surface area contributed by atoms with Crippen LogP contribution in [0.3, 0.4) is 0 Å². The van der Waals surface area contributed by atoms with Gasteiger partial charge >= 0.3 is 6.18 Å². The van der Waals surface area contributed by atoms with E-state index in [1.807, 2.05) is 6.07 Å². The lowest BCUT2D eigenvalue weighted by Crippen LogP contribution is -2.35. The maximum absolute atomic E-state index is 11.8. The molecule has 0 atom stereocenters. The van der Waals surface area contributed by atoms with Crippen molar-refractivity contribution < 1.29 is 22.8 Å². The largest absolute Gasteiger partial charge is 0.405 e. The SMILES string of the molecule is O=C(CO/N=C\c1ccccc1Br)NCC(F)(F)F. The van der Waals surface area contributed by atoms with Crippen molar-refractivity contribution in [2.45, 2.75) is 6.18 Å². The second-order valence-corrected chi connectivity index (χ2v) is 4.28. The van der Waals surface area contributed by atoms with Gasteiger partial charge in [-0.05, 0) is 6.07 Å². The van der Waals surface area contributed by atoms with Crippen LogP contribution in [0.2, 0.25) is 0 Å². The number of halogens is 4. The van der Waals surface area contributed by atoms with E-state index in [-0.39, 0.29) is 0 Å². The van der Waals surface area contributed by atoms with E-state index in [0.717, 1.165) is 10.0 Å². The summed E-state index contributed by atoms with van der Waals surface area (Å²) in [4.78, 5) is 15.5. The first-order valence-electron chi connectivity index (χ1n) is 5.12. The lowest BCUT2D eigenvalue weighted by molar-refractivity contribution is -0.141. The Morgan fingerprint density at radius 2 is 2.11 bits per heavy atom. The molecule has 8 heteroatoms. The molecule has 0 aromatic heterocycles. The van der Waals surface area contributed by atoms with Gasteiger partial charge in [-0.2, -0.15) is 13.2 Å². The molecule has 0 unspecified atom stereocenters. The third kappa shape index (κ3) is 6.80. The number of nitrogens with zero attached hydrogens (tertiary/aromatic N) is 1. The zero-order valence-electron chi connectivity index (χ0n) is 9.58. The normalized spacial score (nSPS) is 11.6. The minimum atomic E-state index is -4.44. The number of alkyl halides is 3. The molecule has 0 saturated carbocycles. The van der Waals surface area contributed by atoms with Crippen LogP contribution in [0.4, 0.5) is 13.2 Å². The molecule has 0 heterocycles. The zero-order valence-corrected chi connectivity index (χ0v) is 11.2. The quantitative estimate of drug-likeness (QED) is 0.662. The van der Waals surface area contributed by atoms with Gasteiger partial charge in [0, 0.05) is 10.0 Å². The molecule has 19 heavy (non-hydrogen) atoms. The fourth-order valence-corrected chi connectivity index (χ4v) is 1.41. The molecule has 0 radical (unpaired) electrons. The molecular weight excluding hydrogens is 329 g/mol. The van der Waals surface area contributed by atoms with E-state index in [2.05, 4.69) is 25.9 Å². The van der Waals surface area contributed by atoms with Crippen LogP contribution >= 0.6 is 15.9 Å². The summed E-state index contributed by atoms with van der Waals surface area (Å²) < 4.78 is 36.1. The summed E-state index contributed by atoms with van der Waals surface area (Å²) in [5.74, 6) is -0.887. The lowest BCUT2D eigenvalue weighted by atomic mass is 10.2. The van der Waals surface area contributed by atoms with E-state index in [1.54, 1.807) is 23.5 Å². The maximum Gasteiger partial charge on any atom is 0.405 e. The van der Waals surface area contributed by atoms with Crippen LogP contribution in [0.1, 0.15) is 5.56 Å². The summed E-state index contributed by atoms with van der Waals surface area (Å²) in [5.41, 5.74) is 0.721. The summed E-state index contributed by atoms with van der Waals surface area (Å²) in [5, 5.41) is 5.15. The molecule has 0 spiro atoms. The average molecular weight is 339 g/mol. The molecule has 1 rings (SSSR count). The van der Waals surface area contributed by atoms with E-state index in [1.165, 1.54) is 6.21 Å². The second kappa shape index (κ2) is 7.13. The van der Waals surface area contributed by atoms with Crippen molar-refractivity contribution in [2.24, 2.45) is 5.16 Å². The Hall–Kier alpha value is -1.57. The average Bonchev–Trinajstić information content (AvgIpc) is 2.33. The molecule has 104 valence electrons. The molecule has 1 aromatic rings. The van der Waals surface area contributed by atoms with Gasteiger partial charge in [0.15, 0.2) is 6.61 Å². The van der Waals surface area contributed by atoms with Crippen molar-refractivity contribution in [3.63, 3.8) is 0 Å². The highest BCUT2D eigenvalue weighted by Gasteiger charge is 2.27. The molecule has 0 aliphatic carbocycles. The van der Waals surface area contributed by atoms with E-state index in [4.69, 9.17) is 0 Å². The second-order valence-electron chi connectivity index (χ2n) is 3.42. The summed E-state index contributed by atoms with van der Waals surface area (Å²) >= 11 is 3.27. The zero-order chi connectivity index (χ0) is 14.3. The van der Waals surface area contributed by atoms with Crippen LogP contribution < -0.4 is 5.32 Å². The minimum absolute atomic E-state index is 0.572. The number of benzene rings is 1. The molecular formula is C11H10BrF3N2O2. The Morgan fingerprint density at radius 1 is 1.42 bits per heavy atom. The van der Waals surface area contributed by atoms with Gasteiger partial charge in [0.05, 0.1) is 6.21 Å². The van der Waals surface area contributed by atoms with Crippen LogP contribution in [0.25, 0.3) is 0 Å². The highest BCUT2D eigenvalue weighted by molar-refractivity contribution is 9.10. The number of carbonyl (C=O) groups is 1. The van der Waals surface area contributed by atoms with Gasteiger partial charge in [-0.15, -0.1) is 0 Å². The van der Waals surface area contributed by atoms with Crippen molar-refractivity contribution in [1.29, 1.82) is 0 Å². The predicted octanol–water partition coefficient (Wildman–Crippen LogP) is 2.48. The fourth-order valence-electron chi connectivity index (χ4n) is 1.02. The van der Waals surface area contributed by atoms with Gasteiger partial charge in [0.2, 0.25) is 0 Å². The Bertz CT molecular complexity index is 463. The molecule has 4 nitrogen and oxygen atoms in total. The minimum Gasteiger partial charge on any atom is -0.386 e. The van der Waals surface area contributed by atoms with Gasteiger partial charge in [0.1, 0.15) is 6.54 Å². The van der Waals surface area contributed by atoms with E-state index >= 15 is 0 Å². The van der Waals surface area contributed by atoms with Gasteiger partial charge in [-0.25, -0.2) is 0 Å². The van der Waals surface area contributed by atoms with Crippen molar-refractivity contribution in [3.8, 4) is 0 Å². The molecule has 0 fully saturated rings. The summed E-state index contributed by atoms with van der Waals surface area (Å²) in [7, 11) is 0. The smallest absolute Gasteiger partial charge is 0.386 e. The van der Waals surface area contributed by atoms with Crippen molar-refractivity contribution in [2.75, 3.05) is 13.2 Å². The van der Waals surface area contributed by atoms with Crippen molar-refractivity contribution in [3.05, 3.63) is 34.3 Å². The highest BCUT2D eigenvalue weighted by Crippen LogP contribution is 2.13. The molecule has 0 bridgehead atoms. The number of hydrogen-bond acceptors (Lipinski definition) is 3. The maximum atomic E-state index is 11.8. The Labute approximate surface area is 115 Å².